The van der Waals surface area contributed by atoms with Crippen LogP contribution in [0.15, 0.2) is 66.7 Å². The summed E-state index contributed by atoms with van der Waals surface area (Å²) in [6, 6.07) is 12.1. The highest BCUT2D eigenvalue weighted by molar-refractivity contribution is 6.34. The summed E-state index contributed by atoms with van der Waals surface area (Å²) in [7, 11) is 0. The highest BCUT2D eigenvalue weighted by Gasteiger charge is 2.28. The summed E-state index contributed by atoms with van der Waals surface area (Å²) in [5, 5.41) is 3.76. The van der Waals surface area contributed by atoms with Crippen molar-refractivity contribution < 1.29 is 4.39 Å². The predicted octanol–water partition coefficient (Wildman–Crippen LogP) is 4.78. The number of para-hydroxylation sites is 1. The first-order chi connectivity index (χ1) is 14.6. The molecule has 2 N–H and O–H groups in total. The Morgan fingerprint density at radius 3 is 2.83 bits per heavy atom. The van der Waals surface area contributed by atoms with Crippen LogP contribution < -0.4 is 10.2 Å². The van der Waals surface area contributed by atoms with Crippen LogP contribution in [0.4, 0.5) is 21.6 Å². The molecule has 3 heterocycles. The van der Waals surface area contributed by atoms with Gasteiger partial charge in [-0.2, -0.15) is 0 Å². The first kappa shape index (κ1) is 18.3. The molecule has 30 heavy (non-hydrogen) atoms. The monoisotopic (exact) mass is 419 g/mol. The first-order valence-corrected chi connectivity index (χ1v) is 9.49. The molecule has 0 aliphatic carbocycles. The Hall–Kier alpha value is -3.78. The van der Waals surface area contributed by atoms with Crippen LogP contribution in [0, 0.1) is 5.82 Å². The van der Waals surface area contributed by atoms with Crippen molar-refractivity contribution in [1.82, 2.24) is 19.9 Å². The Morgan fingerprint density at radius 2 is 1.97 bits per heavy atom. The molecule has 0 saturated heterocycles. The number of aromatic nitrogens is 4. The summed E-state index contributed by atoms with van der Waals surface area (Å²) in [6.45, 7) is 4.42. The number of imidazole rings is 1. The van der Waals surface area contributed by atoms with Crippen LogP contribution >= 0.6 is 11.6 Å². The van der Waals surface area contributed by atoms with E-state index in [9.17, 15) is 4.39 Å². The SMILES string of the molecule is C=C1c2c(F)cccc2N=C(CNc2ncnc3nc[nH]c23)N1c1ccccc1Cl. The van der Waals surface area contributed by atoms with Crippen LogP contribution in [0.2, 0.25) is 5.02 Å². The molecule has 0 radical (unpaired) electrons. The largest absolute Gasteiger partial charge is 0.361 e. The van der Waals surface area contributed by atoms with Gasteiger partial charge in [-0.15, -0.1) is 0 Å². The minimum absolute atomic E-state index is 0.283. The van der Waals surface area contributed by atoms with E-state index >= 15 is 0 Å². The van der Waals surface area contributed by atoms with E-state index in [-0.39, 0.29) is 12.4 Å². The van der Waals surface area contributed by atoms with E-state index in [0.29, 0.717) is 50.5 Å². The zero-order chi connectivity index (χ0) is 20.7. The van der Waals surface area contributed by atoms with Gasteiger partial charge in [-0.05, 0) is 24.3 Å². The van der Waals surface area contributed by atoms with Crippen LogP contribution in [0.5, 0.6) is 0 Å². The van der Waals surface area contributed by atoms with E-state index in [2.05, 4.69) is 36.8 Å². The topological polar surface area (TPSA) is 82.1 Å². The van der Waals surface area contributed by atoms with Crippen molar-refractivity contribution >= 4 is 51.5 Å². The van der Waals surface area contributed by atoms with Gasteiger partial charge in [0, 0.05) is 0 Å². The van der Waals surface area contributed by atoms with E-state index in [1.54, 1.807) is 29.4 Å². The number of amidine groups is 1. The quantitative estimate of drug-likeness (QED) is 0.497. The number of aromatic amines is 1. The zero-order valence-corrected chi connectivity index (χ0v) is 16.4. The number of nitrogens with zero attached hydrogens (tertiary/aromatic N) is 5. The summed E-state index contributed by atoms with van der Waals surface area (Å²) in [5.41, 5.74) is 3.21. The second-order valence-electron chi connectivity index (χ2n) is 6.57. The van der Waals surface area contributed by atoms with Crippen molar-refractivity contribution in [2.45, 2.75) is 0 Å². The molecule has 148 valence electrons. The second kappa shape index (κ2) is 7.23. The molecular weight excluding hydrogens is 405 g/mol. The summed E-state index contributed by atoms with van der Waals surface area (Å²) < 4.78 is 14.6. The number of fused-ring (bicyclic) bond motifs is 2. The molecule has 0 unspecified atom stereocenters. The minimum Gasteiger partial charge on any atom is -0.361 e. The molecule has 0 spiro atoms. The van der Waals surface area contributed by atoms with Crippen molar-refractivity contribution in [2.24, 2.45) is 4.99 Å². The smallest absolute Gasteiger partial charge is 0.182 e. The molecule has 0 amide bonds. The lowest BCUT2D eigenvalue weighted by Crippen LogP contribution is -2.36. The molecule has 4 aromatic rings. The maximum Gasteiger partial charge on any atom is 0.182 e. The Balaban J connectivity index is 1.58. The summed E-state index contributed by atoms with van der Waals surface area (Å²) in [5.74, 6) is 0.785. The molecule has 2 aromatic carbocycles. The van der Waals surface area contributed by atoms with Crippen LogP contribution in [0.1, 0.15) is 5.56 Å². The van der Waals surface area contributed by atoms with Gasteiger partial charge in [0.2, 0.25) is 0 Å². The van der Waals surface area contributed by atoms with E-state index in [1.165, 1.54) is 12.4 Å². The van der Waals surface area contributed by atoms with Crippen LogP contribution in [0.3, 0.4) is 0 Å². The predicted molar refractivity (Wildman–Crippen MR) is 117 cm³/mol. The maximum absolute atomic E-state index is 14.6. The Bertz CT molecular complexity index is 1310. The number of hydrogen-bond donors (Lipinski definition) is 2. The maximum atomic E-state index is 14.6. The lowest BCUT2D eigenvalue weighted by atomic mass is 10.1. The van der Waals surface area contributed by atoms with Gasteiger partial charge in [0.15, 0.2) is 11.5 Å². The summed E-state index contributed by atoms with van der Waals surface area (Å²) in [4.78, 5) is 22.0. The molecule has 7 nitrogen and oxygen atoms in total. The fourth-order valence-electron chi connectivity index (χ4n) is 3.45. The van der Waals surface area contributed by atoms with Crippen LogP contribution in [-0.4, -0.2) is 32.3 Å². The van der Waals surface area contributed by atoms with E-state index in [0.717, 1.165) is 0 Å². The molecule has 9 heteroatoms. The number of halogens is 2. The third kappa shape index (κ3) is 2.98. The van der Waals surface area contributed by atoms with Gasteiger partial charge >= 0.3 is 0 Å². The summed E-state index contributed by atoms with van der Waals surface area (Å²) in [6.07, 6.45) is 2.99. The number of rotatable bonds is 4. The highest BCUT2D eigenvalue weighted by Crippen LogP contribution is 2.40. The minimum atomic E-state index is -0.389. The van der Waals surface area contributed by atoms with Gasteiger partial charge in [-0.1, -0.05) is 36.4 Å². The fourth-order valence-corrected chi connectivity index (χ4v) is 3.67. The Kier molecular flexibility index (Phi) is 4.40. The van der Waals surface area contributed by atoms with Gasteiger partial charge in [0.1, 0.15) is 23.5 Å². The zero-order valence-electron chi connectivity index (χ0n) is 15.6. The van der Waals surface area contributed by atoms with Gasteiger partial charge in [0.25, 0.3) is 0 Å². The van der Waals surface area contributed by atoms with Gasteiger partial charge in [-0.25, -0.2) is 24.3 Å². The molecule has 0 bridgehead atoms. The lowest BCUT2D eigenvalue weighted by molar-refractivity contribution is 0.623. The summed E-state index contributed by atoms with van der Waals surface area (Å²) >= 11 is 6.45. The number of aliphatic imine (C=N–C) groups is 1. The van der Waals surface area contributed by atoms with E-state index < -0.39 is 0 Å². The van der Waals surface area contributed by atoms with Crippen LogP contribution in [0.25, 0.3) is 16.9 Å². The Labute approximate surface area is 176 Å². The molecule has 0 fully saturated rings. The number of hydrogen-bond acceptors (Lipinski definition) is 6. The molecule has 5 rings (SSSR count). The van der Waals surface area contributed by atoms with Gasteiger partial charge in [-0.3, -0.25) is 4.90 Å². The standard InChI is InChI=1S/C21H15ClFN7/c1-12-18-14(23)6-4-7-15(18)29-17(30(12)16-8-3-2-5-13(16)22)9-24-20-19-21(26-10-25-19)28-11-27-20/h2-8,10-11H,1,9H2,(H2,24,25,26,27,28). The fraction of sp³-hybridized carbons (Fsp3) is 0.0476. The Morgan fingerprint density at radius 1 is 1.10 bits per heavy atom. The first-order valence-electron chi connectivity index (χ1n) is 9.11. The average Bonchev–Trinajstić information content (AvgIpc) is 3.22. The van der Waals surface area contributed by atoms with Crippen molar-refractivity contribution in [3.63, 3.8) is 0 Å². The van der Waals surface area contributed by atoms with Gasteiger partial charge < -0.3 is 10.3 Å². The van der Waals surface area contributed by atoms with Crippen molar-refractivity contribution in [3.05, 3.63) is 78.1 Å². The molecule has 0 atom stereocenters. The average molecular weight is 420 g/mol. The van der Waals surface area contributed by atoms with E-state index in [4.69, 9.17) is 11.6 Å². The lowest BCUT2D eigenvalue weighted by Gasteiger charge is -2.33. The van der Waals surface area contributed by atoms with Crippen molar-refractivity contribution in [2.75, 3.05) is 16.8 Å². The number of nitrogens with one attached hydrogen (secondary N) is 2. The highest BCUT2D eigenvalue weighted by atomic mass is 35.5. The second-order valence-corrected chi connectivity index (χ2v) is 6.98. The number of anilines is 2. The molecule has 0 saturated carbocycles. The third-order valence-corrected chi connectivity index (χ3v) is 5.11. The van der Waals surface area contributed by atoms with Crippen molar-refractivity contribution in [1.29, 1.82) is 0 Å². The normalized spacial score (nSPS) is 13.3. The number of benzene rings is 2. The van der Waals surface area contributed by atoms with Crippen LogP contribution in [-0.2, 0) is 0 Å². The molecular formula is C21H15ClFN7. The third-order valence-electron chi connectivity index (χ3n) is 4.79. The number of H-pyrrole nitrogens is 1. The van der Waals surface area contributed by atoms with E-state index in [1.807, 2.05) is 18.2 Å². The molecule has 1 aliphatic rings. The molecule has 1 aliphatic heterocycles. The van der Waals surface area contributed by atoms with Gasteiger partial charge in [0.05, 0.1) is 40.5 Å². The van der Waals surface area contributed by atoms with Crippen molar-refractivity contribution in [3.8, 4) is 0 Å². The molecule has 2 aromatic heterocycles.